The Morgan fingerprint density at radius 1 is 1.14 bits per heavy atom. The molecule has 1 fully saturated rings. The maximum atomic E-state index is 13.4. The molecule has 1 unspecified atom stereocenters. The van der Waals surface area contributed by atoms with Crippen LogP contribution in [0.15, 0.2) is 29.2 Å². The molecule has 1 aromatic carbocycles. The van der Waals surface area contributed by atoms with E-state index >= 15 is 0 Å². The van der Waals surface area contributed by atoms with Gasteiger partial charge in [-0.1, -0.05) is 0 Å². The largest absolute Gasteiger partial charge is 0.325 e. The highest BCUT2D eigenvalue weighted by molar-refractivity contribution is 7.89. The lowest BCUT2D eigenvalue weighted by Gasteiger charge is -2.44. The first-order chi connectivity index (χ1) is 13.6. The van der Waals surface area contributed by atoms with Crippen molar-refractivity contribution in [1.82, 2.24) is 14.2 Å². The number of aryl methyl sites for hydroxylation is 3. The number of nitriles is 1. The van der Waals surface area contributed by atoms with E-state index in [2.05, 4.69) is 11.1 Å². The van der Waals surface area contributed by atoms with Gasteiger partial charge in [0.05, 0.1) is 33.3 Å². The van der Waals surface area contributed by atoms with Crippen LogP contribution in [0.2, 0.25) is 0 Å². The molecule has 1 atom stereocenters. The van der Waals surface area contributed by atoms with E-state index in [-0.39, 0.29) is 23.9 Å². The summed E-state index contributed by atoms with van der Waals surface area (Å²) in [7, 11) is -3.78. The Hall–Kier alpha value is -2.76. The Kier molecular flexibility index (Phi) is 4.30. The zero-order chi connectivity index (χ0) is 21.1. The Labute approximate surface area is 170 Å². The minimum atomic E-state index is -3.78. The highest BCUT2D eigenvalue weighted by Gasteiger charge is 2.52. The molecule has 29 heavy (non-hydrogen) atoms. The summed E-state index contributed by atoms with van der Waals surface area (Å²) in [5.41, 5.74) is 2.93. The molecule has 0 radical (unpaired) electrons. The lowest BCUT2D eigenvalue weighted by atomic mass is 9.95. The van der Waals surface area contributed by atoms with Crippen molar-refractivity contribution >= 4 is 15.9 Å². The van der Waals surface area contributed by atoms with Crippen LogP contribution in [0, 0.1) is 32.1 Å². The first kappa shape index (κ1) is 19.6. The van der Waals surface area contributed by atoms with Gasteiger partial charge in [-0.2, -0.15) is 9.57 Å². The molecular formula is C21H22N4O3S. The van der Waals surface area contributed by atoms with E-state index in [0.29, 0.717) is 34.5 Å². The fourth-order valence-electron chi connectivity index (χ4n) is 4.38. The predicted molar refractivity (Wildman–Crippen MR) is 107 cm³/mol. The summed E-state index contributed by atoms with van der Waals surface area (Å²) in [6.45, 7) is 7.87. The van der Waals surface area contributed by atoms with Crippen LogP contribution in [-0.2, 0) is 15.6 Å². The van der Waals surface area contributed by atoms with Crippen molar-refractivity contribution in [2.75, 3.05) is 19.6 Å². The molecule has 0 N–H and O–H groups in total. The third kappa shape index (κ3) is 2.76. The van der Waals surface area contributed by atoms with E-state index in [4.69, 9.17) is 0 Å². The number of pyridine rings is 1. The van der Waals surface area contributed by atoms with Gasteiger partial charge in [0.15, 0.2) is 0 Å². The summed E-state index contributed by atoms with van der Waals surface area (Å²) in [5.74, 6) is -0.0999. The first-order valence-electron chi connectivity index (χ1n) is 9.41. The second-order valence-corrected chi connectivity index (χ2v) is 9.90. The van der Waals surface area contributed by atoms with E-state index in [1.54, 1.807) is 43.0 Å². The molecule has 2 aliphatic heterocycles. The standard InChI is InChI=1S/C21H22N4O3S/c1-13-9-16(10-14(2)18(13)11-22)29(27,28)24-7-8-25-20(26)17-6-5-15(3)23-19(17)21(25,4)12-24/h5-6,9-10H,7-8,12H2,1-4H3. The zero-order valence-electron chi connectivity index (χ0n) is 16.9. The van der Waals surface area contributed by atoms with Crippen molar-refractivity contribution in [3.63, 3.8) is 0 Å². The van der Waals surface area contributed by atoms with Crippen LogP contribution in [0.1, 0.15) is 45.4 Å². The molecule has 2 aliphatic rings. The molecule has 0 spiro atoms. The SMILES string of the molecule is Cc1ccc2c(n1)C1(C)CN(S(=O)(=O)c3cc(C)c(C#N)c(C)c3)CCN1C2=O. The summed E-state index contributed by atoms with van der Waals surface area (Å²) < 4.78 is 28.2. The maximum absolute atomic E-state index is 13.4. The summed E-state index contributed by atoms with van der Waals surface area (Å²) in [4.78, 5) is 19.3. The number of benzene rings is 1. The molecule has 3 heterocycles. The number of amides is 1. The van der Waals surface area contributed by atoms with Crippen molar-refractivity contribution in [2.24, 2.45) is 0 Å². The van der Waals surface area contributed by atoms with Gasteiger partial charge in [-0.3, -0.25) is 9.78 Å². The normalized spacial score (nSPS) is 21.6. The molecule has 8 heteroatoms. The average Bonchev–Trinajstić information content (AvgIpc) is 2.88. The van der Waals surface area contributed by atoms with Crippen LogP contribution in [0.5, 0.6) is 0 Å². The Morgan fingerprint density at radius 2 is 1.79 bits per heavy atom. The maximum Gasteiger partial charge on any atom is 0.256 e. The molecule has 0 bridgehead atoms. The molecule has 150 valence electrons. The molecule has 7 nitrogen and oxygen atoms in total. The van der Waals surface area contributed by atoms with Gasteiger partial charge < -0.3 is 4.90 Å². The molecular weight excluding hydrogens is 388 g/mol. The Balaban J connectivity index is 1.76. The molecule has 0 aliphatic carbocycles. The summed E-state index contributed by atoms with van der Waals surface area (Å²) in [6, 6.07) is 8.79. The van der Waals surface area contributed by atoms with Crippen LogP contribution < -0.4 is 0 Å². The zero-order valence-corrected chi connectivity index (χ0v) is 17.7. The van der Waals surface area contributed by atoms with Crippen LogP contribution in [0.3, 0.4) is 0 Å². The van der Waals surface area contributed by atoms with Gasteiger partial charge in [0.2, 0.25) is 10.0 Å². The van der Waals surface area contributed by atoms with E-state index < -0.39 is 15.6 Å². The topological polar surface area (TPSA) is 94.4 Å². The lowest BCUT2D eigenvalue weighted by molar-refractivity contribution is 0.0365. The van der Waals surface area contributed by atoms with Gasteiger partial charge in [0.1, 0.15) is 0 Å². The smallest absolute Gasteiger partial charge is 0.256 e. The van der Waals surface area contributed by atoms with E-state index in [1.807, 2.05) is 13.8 Å². The quantitative estimate of drug-likeness (QED) is 0.757. The fourth-order valence-corrected chi connectivity index (χ4v) is 6.08. The Morgan fingerprint density at radius 3 is 2.41 bits per heavy atom. The van der Waals surface area contributed by atoms with Gasteiger partial charge in [0.25, 0.3) is 5.91 Å². The molecule has 1 aromatic heterocycles. The molecule has 4 rings (SSSR count). The monoisotopic (exact) mass is 410 g/mol. The number of fused-ring (bicyclic) bond motifs is 3. The lowest BCUT2D eigenvalue weighted by Crippen LogP contribution is -2.58. The van der Waals surface area contributed by atoms with E-state index in [1.165, 1.54) is 4.31 Å². The number of rotatable bonds is 2. The third-order valence-electron chi connectivity index (χ3n) is 5.93. The van der Waals surface area contributed by atoms with E-state index in [9.17, 15) is 18.5 Å². The number of sulfonamides is 1. The van der Waals surface area contributed by atoms with Crippen molar-refractivity contribution < 1.29 is 13.2 Å². The van der Waals surface area contributed by atoms with Crippen LogP contribution in [0.25, 0.3) is 0 Å². The highest BCUT2D eigenvalue weighted by atomic mass is 32.2. The summed E-state index contributed by atoms with van der Waals surface area (Å²) in [5, 5.41) is 9.26. The highest BCUT2D eigenvalue weighted by Crippen LogP contribution is 2.41. The van der Waals surface area contributed by atoms with Crippen molar-refractivity contribution in [3.8, 4) is 6.07 Å². The number of nitrogens with zero attached hydrogens (tertiary/aromatic N) is 4. The molecule has 2 aromatic rings. The number of piperazine rings is 1. The van der Waals surface area contributed by atoms with Gasteiger partial charge in [-0.25, -0.2) is 8.42 Å². The minimum absolute atomic E-state index is 0.0999. The summed E-state index contributed by atoms with van der Waals surface area (Å²) >= 11 is 0. The number of carbonyl (C=O) groups excluding carboxylic acids is 1. The summed E-state index contributed by atoms with van der Waals surface area (Å²) in [6.07, 6.45) is 0. The van der Waals surface area contributed by atoms with Gasteiger partial charge in [-0.05, 0) is 63.1 Å². The van der Waals surface area contributed by atoms with Crippen molar-refractivity contribution in [1.29, 1.82) is 5.26 Å². The van der Waals surface area contributed by atoms with Gasteiger partial charge in [-0.15, -0.1) is 0 Å². The molecule has 0 saturated carbocycles. The van der Waals surface area contributed by atoms with Crippen molar-refractivity contribution in [3.05, 3.63) is 57.9 Å². The molecule has 1 saturated heterocycles. The van der Waals surface area contributed by atoms with E-state index in [0.717, 1.165) is 5.69 Å². The Bertz CT molecular complexity index is 1180. The van der Waals surface area contributed by atoms with Crippen LogP contribution >= 0.6 is 0 Å². The second-order valence-electron chi connectivity index (χ2n) is 7.96. The van der Waals surface area contributed by atoms with Crippen LogP contribution in [-0.4, -0.2) is 48.1 Å². The fraction of sp³-hybridized carbons (Fsp3) is 0.381. The number of hydrogen-bond donors (Lipinski definition) is 0. The van der Waals surface area contributed by atoms with Crippen molar-refractivity contribution in [2.45, 2.75) is 38.1 Å². The average molecular weight is 410 g/mol. The predicted octanol–water partition coefficient (Wildman–Crippen LogP) is 2.25. The number of hydrogen-bond acceptors (Lipinski definition) is 5. The number of carbonyl (C=O) groups is 1. The first-order valence-corrected chi connectivity index (χ1v) is 10.8. The number of aromatic nitrogens is 1. The van der Waals surface area contributed by atoms with Gasteiger partial charge in [0, 0.05) is 25.3 Å². The molecule has 1 amide bonds. The van der Waals surface area contributed by atoms with Gasteiger partial charge >= 0.3 is 0 Å². The second kappa shape index (κ2) is 6.37. The van der Waals surface area contributed by atoms with Crippen LogP contribution in [0.4, 0.5) is 0 Å². The minimum Gasteiger partial charge on any atom is -0.325 e. The third-order valence-corrected chi connectivity index (χ3v) is 7.75.